The Morgan fingerprint density at radius 3 is 2.24 bits per heavy atom. The Kier molecular flexibility index (Phi) is 8.95. The lowest BCUT2D eigenvalue weighted by molar-refractivity contribution is 0.102. The second kappa shape index (κ2) is 13.1. The van der Waals surface area contributed by atoms with E-state index in [1.165, 1.54) is 0 Å². The van der Waals surface area contributed by atoms with Gasteiger partial charge in [0.2, 0.25) is 5.95 Å². The van der Waals surface area contributed by atoms with Crippen LogP contribution in [0.25, 0.3) is 22.2 Å². The van der Waals surface area contributed by atoms with Gasteiger partial charge in [0.25, 0.3) is 5.91 Å². The van der Waals surface area contributed by atoms with Crippen molar-refractivity contribution in [2.45, 2.75) is 13.5 Å². The fourth-order valence-corrected chi connectivity index (χ4v) is 4.76. The van der Waals surface area contributed by atoms with Crippen LogP contribution in [-0.4, -0.2) is 57.3 Å². The largest absolute Gasteiger partial charge is 0.395 e. The number of fused-ring (bicyclic) bond motifs is 1. The van der Waals surface area contributed by atoms with E-state index in [2.05, 4.69) is 10.6 Å². The molecule has 0 atom stereocenters. The van der Waals surface area contributed by atoms with Gasteiger partial charge in [-0.1, -0.05) is 60.7 Å². The fourth-order valence-electron chi connectivity index (χ4n) is 4.76. The van der Waals surface area contributed by atoms with Gasteiger partial charge in [0.15, 0.2) is 0 Å². The molecule has 0 fully saturated rings. The van der Waals surface area contributed by atoms with Crippen molar-refractivity contribution in [2.24, 2.45) is 0 Å². The van der Waals surface area contributed by atoms with E-state index < -0.39 is 0 Å². The molecule has 4 aromatic carbocycles. The first-order valence-corrected chi connectivity index (χ1v) is 13.6. The van der Waals surface area contributed by atoms with Crippen LogP contribution >= 0.6 is 0 Å². The lowest BCUT2D eigenvalue weighted by atomic mass is 10.1. The van der Waals surface area contributed by atoms with Crippen LogP contribution in [-0.2, 0) is 6.54 Å². The van der Waals surface area contributed by atoms with Crippen molar-refractivity contribution in [3.63, 3.8) is 0 Å². The number of aromatic nitrogens is 2. The highest BCUT2D eigenvalue weighted by molar-refractivity contribution is 6.05. The number of aliphatic hydroxyl groups excluding tert-OH is 2. The first-order chi connectivity index (χ1) is 20.1. The van der Waals surface area contributed by atoms with Crippen LogP contribution < -0.4 is 10.6 Å². The zero-order chi connectivity index (χ0) is 28.6. The number of nitrogens with one attached hydrogen (secondary N) is 2. The summed E-state index contributed by atoms with van der Waals surface area (Å²) in [4.78, 5) is 24.6. The zero-order valence-corrected chi connectivity index (χ0v) is 22.9. The van der Waals surface area contributed by atoms with Crippen LogP contribution in [0.1, 0.15) is 21.5 Å². The highest BCUT2D eigenvalue weighted by Gasteiger charge is 2.13. The standard InChI is InChI=1S/C33H33N5O3/c1-23-26(22-38(18-20-39)19-21-40)10-7-13-29(23)35-32(41)25-14-16-27(17-15-25)34-33-36-30-12-6-5-11-28(30)31(37-33)24-8-3-2-4-9-24/h2-17,39-40H,18-22H2,1H3,(H,35,41)(H,34,36,37). The van der Waals surface area contributed by atoms with Crippen LogP contribution in [0.4, 0.5) is 17.3 Å². The van der Waals surface area contributed by atoms with Gasteiger partial charge in [0.1, 0.15) is 0 Å². The predicted octanol–water partition coefficient (Wildman–Crippen LogP) is 5.39. The topological polar surface area (TPSA) is 111 Å². The number of hydrogen-bond donors (Lipinski definition) is 4. The molecule has 41 heavy (non-hydrogen) atoms. The van der Waals surface area contributed by atoms with Crippen molar-refractivity contribution < 1.29 is 15.0 Å². The summed E-state index contributed by atoms with van der Waals surface area (Å²) in [6.07, 6.45) is 0. The molecule has 1 aromatic heterocycles. The smallest absolute Gasteiger partial charge is 0.255 e. The number of carbonyl (C=O) groups excluding carboxylic acids is 1. The van der Waals surface area contributed by atoms with Crippen LogP contribution in [0.5, 0.6) is 0 Å². The lowest BCUT2D eigenvalue weighted by Crippen LogP contribution is -2.29. The van der Waals surface area contributed by atoms with Gasteiger partial charge in [-0.2, -0.15) is 0 Å². The van der Waals surface area contributed by atoms with E-state index in [9.17, 15) is 15.0 Å². The number of aliphatic hydroxyl groups is 2. The summed E-state index contributed by atoms with van der Waals surface area (Å²) in [5, 5.41) is 25.9. The van der Waals surface area contributed by atoms with Crippen molar-refractivity contribution in [2.75, 3.05) is 36.9 Å². The minimum atomic E-state index is -0.215. The van der Waals surface area contributed by atoms with Gasteiger partial charge in [0.05, 0.1) is 24.4 Å². The number of amides is 1. The highest BCUT2D eigenvalue weighted by Crippen LogP contribution is 2.28. The second-order valence-electron chi connectivity index (χ2n) is 9.75. The van der Waals surface area contributed by atoms with Crippen molar-refractivity contribution in [1.29, 1.82) is 0 Å². The summed E-state index contributed by atoms with van der Waals surface area (Å²) in [5.41, 5.74) is 6.68. The molecule has 0 aliphatic carbocycles. The number of benzene rings is 4. The van der Waals surface area contributed by atoms with Crippen molar-refractivity contribution in [3.05, 3.63) is 114 Å². The summed E-state index contributed by atoms with van der Waals surface area (Å²) in [5.74, 6) is 0.260. The summed E-state index contributed by atoms with van der Waals surface area (Å²) < 4.78 is 0. The number of anilines is 3. The normalized spacial score (nSPS) is 11.1. The van der Waals surface area contributed by atoms with E-state index in [-0.39, 0.29) is 19.1 Å². The van der Waals surface area contributed by atoms with E-state index in [4.69, 9.17) is 9.97 Å². The van der Waals surface area contributed by atoms with Crippen LogP contribution in [0.2, 0.25) is 0 Å². The number of hydrogen-bond acceptors (Lipinski definition) is 7. The molecule has 5 aromatic rings. The molecule has 0 bridgehead atoms. The molecular weight excluding hydrogens is 514 g/mol. The Balaban J connectivity index is 1.31. The lowest BCUT2D eigenvalue weighted by Gasteiger charge is -2.22. The molecule has 208 valence electrons. The molecule has 0 aliphatic rings. The predicted molar refractivity (Wildman–Crippen MR) is 163 cm³/mol. The Hall–Kier alpha value is -4.63. The average Bonchev–Trinajstić information content (AvgIpc) is 3.00. The minimum absolute atomic E-state index is 0.0154. The quantitative estimate of drug-likeness (QED) is 0.176. The van der Waals surface area contributed by atoms with E-state index >= 15 is 0 Å². The molecule has 8 nitrogen and oxygen atoms in total. The van der Waals surface area contributed by atoms with Crippen molar-refractivity contribution in [3.8, 4) is 11.3 Å². The Labute approximate surface area is 239 Å². The van der Waals surface area contributed by atoms with Gasteiger partial charge in [-0.3, -0.25) is 9.69 Å². The molecule has 5 rings (SSSR count). The minimum Gasteiger partial charge on any atom is -0.395 e. The third-order valence-corrected chi connectivity index (χ3v) is 6.97. The molecule has 0 saturated heterocycles. The summed E-state index contributed by atoms with van der Waals surface area (Å²) in [7, 11) is 0. The number of nitrogens with zero attached hydrogens (tertiary/aromatic N) is 3. The first-order valence-electron chi connectivity index (χ1n) is 13.6. The Bertz CT molecular complexity index is 1620. The number of rotatable bonds is 11. The molecule has 0 unspecified atom stereocenters. The summed E-state index contributed by atoms with van der Waals surface area (Å²) >= 11 is 0. The van der Waals surface area contributed by atoms with Gasteiger partial charge in [-0.05, 0) is 54.4 Å². The maximum absolute atomic E-state index is 13.1. The van der Waals surface area contributed by atoms with Gasteiger partial charge >= 0.3 is 0 Å². The van der Waals surface area contributed by atoms with Gasteiger partial charge < -0.3 is 20.8 Å². The highest BCUT2D eigenvalue weighted by atomic mass is 16.3. The van der Waals surface area contributed by atoms with E-state index in [0.717, 1.165) is 44.7 Å². The molecule has 1 heterocycles. The van der Waals surface area contributed by atoms with E-state index in [1.54, 1.807) is 12.1 Å². The van der Waals surface area contributed by atoms with Crippen LogP contribution in [0, 0.1) is 6.92 Å². The molecule has 0 aliphatic heterocycles. The molecule has 1 amide bonds. The van der Waals surface area contributed by atoms with Gasteiger partial charge in [0, 0.05) is 47.5 Å². The number of carbonyl (C=O) groups is 1. The van der Waals surface area contributed by atoms with Gasteiger partial charge in [-0.15, -0.1) is 0 Å². The first kappa shape index (κ1) is 27.9. The van der Waals surface area contributed by atoms with Crippen molar-refractivity contribution in [1.82, 2.24) is 14.9 Å². The molecule has 0 saturated carbocycles. The van der Waals surface area contributed by atoms with Crippen LogP contribution in [0.15, 0.2) is 97.1 Å². The van der Waals surface area contributed by atoms with Crippen molar-refractivity contribution >= 4 is 34.1 Å². The second-order valence-corrected chi connectivity index (χ2v) is 9.75. The molecule has 4 N–H and O–H groups in total. The van der Waals surface area contributed by atoms with E-state index in [1.807, 2.05) is 96.8 Å². The fraction of sp³-hybridized carbons (Fsp3) is 0.182. The average molecular weight is 548 g/mol. The number of para-hydroxylation sites is 1. The van der Waals surface area contributed by atoms with Gasteiger partial charge in [-0.25, -0.2) is 9.97 Å². The molecule has 0 spiro atoms. The third-order valence-electron chi connectivity index (χ3n) is 6.97. The Morgan fingerprint density at radius 2 is 1.51 bits per heavy atom. The third kappa shape index (κ3) is 6.75. The monoisotopic (exact) mass is 547 g/mol. The maximum atomic E-state index is 13.1. The maximum Gasteiger partial charge on any atom is 0.255 e. The molecule has 8 heteroatoms. The van der Waals surface area contributed by atoms with E-state index in [0.29, 0.717) is 31.1 Å². The zero-order valence-electron chi connectivity index (χ0n) is 22.9. The summed E-state index contributed by atoms with van der Waals surface area (Å²) in [6, 6.07) is 30.9. The van der Waals surface area contributed by atoms with Crippen LogP contribution in [0.3, 0.4) is 0 Å². The molecular formula is C33H33N5O3. The summed E-state index contributed by atoms with van der Waals surface area (Å²) in [6.45, 7) is 3.49. The molecule has 0 radical (unpaired) electrons. The Morgan fingerprint density at radius 1 is 0.805 bits per heavy atom. The SMILES string of the molecule is Cc1c(CN(CCO)CCO)cccc1NC(=O)c1ccc(Nc2nc(-c3ccccc3)c3ccccc3n2)cc1.